The van der Waals surface area contributed by atoms with E-state index in [0.717, 1.165) is 11.3 Å². The summed E-state index contributed by atoms with van der Waals surface area (Å²) in [5, 5.41) is 0.567. The van der Waals surface area contributed by atoms with Gasteiger partial charge < -0.3 is 4.74 Å². The first-order valence-corrected chi connectivity index (χ1v) is 7.27. The van der Waals surface area contributed by atoms with Gasteiger partial charge in [0.15, 0.2) is 5.78 Å². The monoisotopic (exact) mass is 294 g/mol. The topological polar surface area (TPSA) is 26.3 Å². The Morgan fingerprint density at radius 2 is 2.00 bits per heavy atom. The summed E-state index contributed by atoms with van der Waals surface area (Å²) in [5.74, 6) is 0.586. The first kappa shape index (κ1) is 14.1. The number of hydrogen-bond acceptors (Lipinski definition) is 3. The third kappa shape index (κ3) is 3.37. The van der Waals surface area contributed by atoms with E-state index in [-0.39, 0.29) is 5.78 Å². The van der Waals surface area contributed by atoms with Crippen molar-refractivity contribution in [2.75, 3.05) is 7.11 Å². The Bertz CT molecular complexity index is 590. The van der Waals surface area contributed by atoms with Crippen molar-refractivity contribution in [1.82, 2.24) is 0 Å². The fourth-order valence-corrected chi connectivity index (χ4v) is 2.97. The van der Waals surface area contributed by atoms with Gasteiger partial charge in [-0.15, -0.1) is 11.3 Å². The van der Waals surface area contributed by atoms with Crippen molar-refractivity contribution in [1.29, 1.82) is 0 Å². The summed E-state index contributed by atoms with van der Waals surface area (Å²) in [4.78, 5) is 14.7. The number of thiophene rings is 1. The van der Waals surface area contributed by atoms with Crippen LogP contribution in [-0.4, -0.2) is 12.9 Å². The second-order valence-corrected chi connectivity index (χ2v) is 5.86. The summed E-state index contributed by atoms with van der Waals surface area (Å²) in [5.41, 5.74) is 0.582. The van der Waals surface area contributed by atoms with E-state index in [1.54, 1.807) is 36.6 Å². The first-order valence-electron chi connectivity index (χ1n) is 6.08. The SMILES string of the molecule is CCc1ccc(CC(=O)c2ccc(Cl)cc2OC)s1. The molecule has 1 aromatic carbocycles. The lowest BCUT2D eigenvalue weighted by atomic mass is 10.1. The molecule has 1 aromatic heterocycles. The lowest BCUT2D eigenvalue weighted by Crippen LogP contribution is -2.04. The number of methoxy groups -OCH3 is 1. The van der Waals surface area contributed by atoms with Gasteiger partial charge in [0.2, 0.25) is 0 Å². The summed E-state index contributed by atoms with van der Waals surface area (Å²) >= 11 is 7.58. The molecule has 2 nitrogen and oxygen atoms in total. The summed E-state index contributed by atoms with van der Waals surface area (Å²) in [6.07, 6.45) is 1.41. The smallest absolute Gasteiger partial charge is 0.171 e. The van der Waals surface area contributed by atoms with Crippen LogP contribution in [0.1, 0.15) is 27.0 Å². The van der Waals surface area contributed by atoms with Gasteiger partial charge in [0, 0.05) is 21.2 Å². The van der Waals surface area contributed by atoms with Crippen LogP contribution in [0.15, 0.2) is 30.3 Å². The Labute approximate surface area is 122 Å². The Hall–Kier alpha value is -1.32. The first-order chi connectivity index (χ1) is 9.13. The van der Waals surface area contributed by atoms with Gasteiger partial charge in [-0.3, -0.25) is 4.79 Å². The molecule has 0 bridgehead atoms. The summed E-state index contributed by atoms with van der Waals surface area (Å²) in [6, 6.07) is 9.19. The number of aryl methyl sites for hydroxylation is 1. The zero-order valence-electron chi connectivity index (χ0n) is 10.9. The molecule has 0 aliphatic heterocycles. The largest absolute Gasteiger partial charge is 0.496 e. The Morgan fingerprint density at radius 1 is 1.26 bits per heavy atom. The Balaban J connectivity index is 2.20. The van der Waals surface area contributed by atoms with Gasteiger partial charge in [0.05, 0.1) is 12.7 Å². The number of hydrogen-bond donors (Lipinski definition) is 0. The lowest BCUT2D eigenvalue weighted by molar-refractivity contribution is 0.0991. The fraction of sp³-hybridized carbons (Fsp3) is 0.267. The van der Waals surface area contributed by atoms with Crippen LogP contribution in [0.5, 0.6) is 5.75 Å². The maximum absolute atomic E-state index is 12.3. The van der Waals surface area contributed by atoms with Crippen LogP contribution in [-0.2, 0) is 12.8 Å². The quantitative estimate of drug-likeness (QED) is 0.764. The number of ether oxygens (including phenoxy) is 1. The standard InChI is InChI=1S/C15H15ClO2S/c1-3-11-5-6-12(19-11)9-14(17)13-7-4-10(16)8-15(13)18-2/h4-8H,3,9H2,1-2H3. The molecule has 0 radical (unpaired) electrons. The molecular formula is C15H15ClO2S. The highest BCUT2D eigenvalue weighted by molar-refractivity contribution is 7.12. The van der Waals surface area contributed by atoms with E-state index < -0.39 is 0 Å². The molecule has 0 spiro atoms. The number of ketones is 1. The van der Waals surface area contributed by atoms with E-state index in [2.05, 4.69) is 13.0 Å². The summed E-state index contributed by atoms with van der Waals surface area (Å²) in [7, 11) is 1.54. The van der Waals surface area contributed by atoms with E-state index in [4.69, 9.17) is 16.3 Å². The number of halogens is 1. The van der Waals surface area contributed by atoms with Gasteiger partial charge >= 0.3 is 0 Å². The predicted molar refractivity (Wildman–Crippen MR) is 79.7 cm³/mol. The molecule has 0 fully saturated rings. The van der Waals surface area contributed by atoms with Crippen LogP contribution in [0.3, 0.4) is 0 Å². The van der Waals surface area contributed by atoms with Crippen LogP contribution >= 0.6 is 22.9 Å². The van der Waals surface area contributed by atoms with Crippen molar-refractivity contribution in [2.45, 2.75) is 19.8 Å². The highest BCUT2D eigenvalue weighted by Gasteiger charge is 2.14. The van der Waals surface area contributed by atoms with E-state index in [1.165, 1.54) is 4.88 Å². The average Bonchev–Trinajstić information content (AvgIpc) is 2.86. The molecule has 0 amide bonds. The van der Waals surface area contributed by atoms with Crippen molar-refractivity contribution in [3.63, 3.8) is 0 Å². The molecule has 100 valence electrons. The molecule has 0 N–H and O–H groups in total. The molecule has 4 heteroatoms. The van der Waals surface area contributed by atoms with Crippen LogP contribution in [0.2, 0.25) is 5.02 Å². The molecule has 19 heavy (non-hydrogen) atoms. The molecule has 0 saturated carbocycles. The Morgan fingerprint density at radius 3 is 2.63 bits per heavy atom. The minimum Gasteiger partial charge on any atom is -0.496 e. The van der Waals surface area contributed by atoms with Crippen molar-refractivity contribution >= 4 is 28.7 Å². The van der Waals surface area contributed by atoms with Gasteiger partial charge in [0.1, 0.15) is 5.75 Å². The summed E-state index contributed by atoms with van der Waals surface area (Å²) < 4.78 is 5.21. The van der Waals surface area contributed by atoms with Gasteiger partial charge in [-0.1, -0.05) is 18.5 Å². The molecule has 0 aliphatic carbocycles. The number of carbonyl (C=O) groups is 1. The molecule has 0 aliphatic rings. The highest BCUT2D eigenvalue weighted by Crippen LogP contribution is 2.26. The Kier molecular flexibility index (Phi) is 4.61. The van der Waals surface area contributed by atoms with Gasteiger partial charge in [-0.25, -0.2) is 0 Å². The number of Topliss-reactive ketones (excluding diaryl/α,β-unsaturated/α-hetero) is 1. The van der Waals surface area contributed by atoms with Crippen molar-refractivity contribution in [3.05, 3.63) is 50.7 Å². The zero-order chi connectivity index (χ0) is 13.8. The van der Waals surface area contributed by atoms with Gasteiger partial charge in [-0.05, 0) is 36.8 Å². The molecule has 0 saturated heterocycles. The third-order valence-corrected chi connectivity index (χ3v) is 4.33. The van der Waals surface area contributed by atoms with Crippen molar-refractivity contribution < 1.29 is 9.53 Å². The van der Waals surface area contributed by atoms with Crippen LogP contribution < -0.4 is 4.74 Å². The minimum absolute atomic E-state index is 0.0537. The molecule has 0 atom stereocenters. The maximum atomic E-state index is 12.3. The molecule has 0 unspecified atom stereocenters. The zero-order valence-corrected chi connectivity index (χ0v) is 12.5. The second kappa shape index (κ2) is 6.22. The van der Waals surface area contributed by atoms with Gasteiger partial charge in [0.25, 0.3) is 0 Å². The summed E-state index contributed by atoms with van der Waals surface area (Å²) in [6.45, 7) is 2.11. The van der Waals surface area contributed by atoms with Crippen LogP contribution in [0.4, 0.5) is 0 Å². The third-order valence-electron chi connectivity index (χ3n) is 2.86. The van der Waals surface area contributed by atoms with Crippen molar-refractivity contribution in [2.24, 2.45) is 0 Å². The predicted octanol–water partition coefficient (Wildman–Crippen LogP) is 4.40. The van der Waals surface area contributed by atoms with E-state index in [1.807, 2.05) is 6.07 Å². The van der Waals surface area contributed by atoms with E-state index >= 15 is 0 Å². The average molecular weight is 295 g/mol. The van der Waals surface area contributed by atoms with Crippen LogP contribution in [0, 0.1) is 0 Å². The molecular weight excluding hydrogens is 280 g/mol. The number of carbonyl (C=O) groups excluding carboxylic acids is 1. The van der Waals surface area contributed by atoms with E-state index in [0.29, 0.717) is 22.8 Å². The van der Waals surface area contributed by atoms with Crippen molar-refractivity contribution in [3.8, 4) is 5.75 Å². The number of benzene rings is 1. The molecule has 2 rings (SSSR count). The lowest BCUT2D eigenvalue weighted by Gasteiger charge is -2.07. The molecule has 2 aromatic rings. The van der Waals surface area contributed by atoms with E-state index in [9.17, 15) is 4.79 Å². The van der Waals surface area contributed by atoms with Crippen LogP contribution in [0.25, 0.3) is 0 Å². The molecule has 1 heterocycles. The van der Waals surface area contributed by atoms with Gasteiger partial charge in [-0.2, -0.15) is 0 Å². The second-order valence-electron chi connectivity index (χ2n) is 4.17. The highest BCUT2D eigenvalue weighted by atomic mass is 35.5. The normalized spacial score (nSPS) is 10.5. The number of rotatable bonds is 5. The fourth-order valence-electron chi connectivity index (χ4n) is 1.86. The maximum Gasteiger partial charge on any atom is 0.171 e. The minimum atomic E-state index is 0.0537.